The first-order valence-corrected chi connectivity index (χ1v) is 6.24. The van der Waals surface area contributed by atoms with Crippen molar-refractivity contribution >= 4 is 17.7 Å². The maximum Gasteiger partial charge on any atom is 0.422 e. The number of amides is 2. The van der Waals surface area contributed by atoms with Crippen LogP contribution in [0.4, 0.5) is 23.7 Å². The lowest BCUT2D eigenvalue weighted by Crippen LogP contribution is -2.30. The number of hydrogen-bond donors (Lipinski definition) is 3. The fourth-order valence-electron chi connectivity index (χ4n) is 1.51. The summed E-state index contributed by atoms with van der Waals surface area (Å²) < 4.78 is 40.8. The number of aliphatic carboxylic acids is 1. The maximum absolute atomic E-state index is 12.1. The zero-order chi connectivity index (χ0) is 16.8. The van der Waals surface area contributed by atoms with Crippen LogP contribution in [0.15, 0.2) is 18.2 Å². The molecule has 1 rings (SSSR count). The van der Waals surface area contributed by atoms with E-state index in [2.05, 4.69) is 15.4 Å². The first kappa shape index (κ1) is 17.6. The number of rotatable bonds is 6. The van der Waals surface area contributed by atoms with Gasteiger partial charge < -0.3 is 20.5 Å². The van der Waals surface area contributed by atoms with E-state index in [9.17, 15) is 22.8 Å². The molecule has 6 nitrogen and oxygen atoms in total. The smallest absolute Gasteiger partial charge is 0.422 e. The summed E-state index contributed by atoms with van der Waals surface area (Å²) in [5, 5.41) is 13.2. The zero-order valence-corrected chi connectivity index (χ0v) is 11.7. The largest absolute Gasteiger partial charge is 0.484 e. The molecular weight excluding hydrogens is 305 g/mol. The van der Waals surface area contributed by atoms with E-state index in [1.807, 2.05) is 0 Å². The minimum atomic E-state index is -4.42. The summed E-state index contributed by atoms with van der Waals surface area (Å²) >= 11 is 0. The second kappa shape index (κ2) is 7.53. The molecule has 1 aromatic rings. The third-order valence-electron chi connectivity index (χ3n) is 2.45. The molecule has 122 valence electrons. The molecule has 0 saturated heterocycles. The van der Waals surface area contributed by atoms with Crippen LogP contribution in [0.3, 0.4) is 0 Å². The van der Waals surface area contributed by atoms with E-state index in [0.717, 1.165) is 0 Å². The van der Waals surface area contributed by atoms with Crippen molar-refractivity contribution in [2.75, 3.05) is 18.5 Å². The van der Waals surface area contributed by atoms with Crippen molar-refractivity contribution in [3.05, 3.63) is 23.8 Å². The lowest BCUT2D eigenvalue weighted by atomic mass is 10.2. The van der Waals surface area contributed by atoms with E-state index in [0.29, 0.717) is 11.3 Å². The Bertz CT molecular complexity index is 547. The van der Waals surface area contributed by atoms with E-state index in [-0.39, 0.29) is 18.7 Å². The SMILES string of the molecule is Cc1cc(NC(=O)NCCC(=O)O)ccc1OCC(F)(F)F. The number of hydrogen-bond acceptors (Lipinski definition) is 3. The van der Waals surface area contributed by atoms with Gasteiger partial charge in [-0.15, -0.1) is 0 Å². The number of ether oxygens (including phenoxy) is 1. The summed E-state index contributed by atoms with van der Waals surface area (Å²) in [6.07, 6.45) is -4.63. The first-order chi connectivity index (χ1) is 10.2. The Morgan fingerprint density at radius 3 is 2.55 bits per heavy atom. The molecule has 22 heavy (non-hydrogen) atoms. The third kappa shape index (κ3) is 6.82. The van der Waals surface area contributed by atoms with Crippen LogP contribution in [-0.2, 0) is 4.79 Å². The van der Waals surface area contributed by atoms with Crippen molar-refractivity contribution in [3.63, 3.8) is 0 Å². The molecular formula is C13H15F3N2O4. The van der Waals surface area contributed by atoms with Gasteiger partial charge in [0.05, 0.1) is 6.42 Å². The zero-order valence-electron chi connectivity index (χ0n) is 11.7. The number of nitrogens with one attached hydrogen (secondary N) is 2. The normalized spacial score (nSPS) is 10.9. The Kier molecular flexibility index (Phi) is 6.02. The standard InChI is InChI=1S/C13H15F3N2O4/c1-8-6-9(18-12(21)17-5-4-11(19)20)2-3-10(8)22-7-13(14,15)16/h2-3,6H,4-5,7H2,1H3,(H,19,20)(H2,17,18,21). The average Bonchev–Trinajstić information content (AvgIpc) is 2.36. The summed E-state index contributed by atoms with van der Waals surface area (Å²) in [6, 6.07) is 3.54. The Balaban J connectivity index is 2.54. The second-order valence-electron chi connectivity index (χ2n) is 4.41. The molecule has 0 heterocycles. The minimum absolute atomic E-state index is 0.0348. The number of alkyl halides is 3. The first-order valence-electron chi connectivity index (χ1n) is 6.24. The van der Waals surface area contributed by atoms with Gasteiger partial charge in [0.25, 0.3) is 0 Å². The van der Waals surface area contributed by atoms with Gasteiger partial charge in [0.2, 0.25) is 0 Å². The van der Waals surface area contributed by atoms with E-state index >= 15 is 0 Å². The van der Waals surface area contributed by atoms with Crippen molar-refractivity contribution in [2.24, 2.45) is 0 Å². The van der Waals surface area contributed by atoms with Gasteiger partial charge in [0.1, 0.15) is 5.75 Å². The third-order valence-corrected chi connectivity index (χ3v) is 2.45. The highest BCUT2D eigenvalue weighted by atomic mass is 19.4. The average molecular weight is 320 g/mol. The Morgan fingerprint density at radius 2 is 2.00 bits per heavy atom. The molecule has 0 aliphatic rings. The predicted octanol–water partition coefficient (Wildman–Crippen LogP) is 2.53. The summed E-state index contributed by atoms with van der Waals surface area (Å²) in [5.41, 5.74) is 0.775. The Labute approximate surface area is 124 Å². The number of carboxylic acids is 1. The molecule has 0 unspecified atom stereocenters. The van der Waals surface area contributed by atoms with E-state index in [1.165, 1.54) is 18.2 Å². The number of carboxylic acid groups (broad SMARTS) is 1. The number of carbonyl (C=O) groups excluding carboxylic acids is 1. The van der Waals surface area contributed by atoms with Crippen LogP contribution in [0.5, 0.6) is 5.75 Å². The van der Waals surface area contributed by atoms with Crippen LogP contribution < -0.4 is 15.4 Å². The van der Waals surface area contributed by atoms with Gasteiger partial charge in [-0.3, -0.25) is 4.79 Å². The quantitative estimate of drug-likeness (QED) is 0.751. The van der Waals surface area contributed by atoms with Crippen molar-refractivity contribution in [3.8, 4) is 5.75 Å². The molecule has 1 aromatic carbocycles. The highest BCUT2D eigenvalue weighted by molar-refractivity contribution is 5.89. The molecule has 9 heteroatoms. The summed E-state index contributed by atoms with van der Waals surface area (Å²) in [4.78, 5) is 21.7. The molecule has 0 bridgehead atoms. The van der Waals surface area contributed by atoms with Gasteiger partial charge in [0.15, 0.2) is 6.61 Å². The molecule has 0 atom stereocenters. The molecule has 3 N–H and O–H groups in total. The summed E-state index contributed by atoms with van der Waals surface area (Å²) in [5.74, 6) is -0.975. The topological polar surface area (TPSA) is 87.7 Å². The molecule has 0 saturated carbocycles. The molecule has 0 aromatic heterocycles. The summed E-state index contributed by atoms with van der Waals surface area (Å²) in [6.45, 7) is 0.114. The molecule has 2 amide bonds. The fourth-order valence-corrected chi connectivity index (χ4v) is 1.51. The van der Waals surface area contributed by atoms with Crippen LogP contribution in [0.1, 0.15) is 12.0 Å². The van der Waals surface area contributed by atoms with Crippen molar-refractivity contribution in [1.29, 1.82) is 0 Å². The van der Waals surface area contributed by atoms with Gasteiger partial charge in [-0.2, -0.15) is 13.2 Å². The van der Waals surface area contributed by atoms with Crippen LogP contribution in [0.25, 0.3) is 0 Å². The highest BCUT2D eigenvalue weighted by Gasteiger charge is 2.28. The van der Waals surface area contributed by atoms with E-state index < -0.39 is 24.8 Å². The van der Waals surface area contributed by atoms with Gasteiger partial charge in [-0.05, 0) is 30.7 Å². The van der Waals surface area contributed by atoms with Gasteiger partial charge in [0, 0.05) is 12.2 Å². The van der Waals surface area contributed by atoms with Gasteiger partial charge in [-0.1, -0.05) is 0 Å². The molecule has 0 radical (unpaired) electrons. The predicted molar refractivity (Wildman–Crippen MR) is 72.0 cm³/mol. The maximum atomic E-state index is 12.1. The number of anilines is 1. The van der Waals surface area contributed by atoms with E-state index in [4.69, 9.17) is 5.11 Å². The number of urea groups is 1. The van der Waals surface area contributed by atoms with Crippen LogP contribution in [0, 0.1) is 6.92 Å². The molecule has 0 spiro atoms. The number of aryl methyl sites for hydroxylation is 1. The van der Waals surface area contributed by atoms with Gasteiger partial charge >= 0.3 is 18.2 Å². The van der Waals surface area contributed by atoms with Crippen molar-refractivity contribution < 1.29 is 32.6 Å². The van der Waals surface area contributed by atoms with Crippen molar-refractivity contribution in [2.45, 2.75) is 19.5 Å². The second-order valence-corrected chi connectivity index (χ2v) is 4.41. The highest BCUT2D eigenvalue weighted by Crippen LogP contribution is 2.24. The van der Waals surface area contributed by atoms with Crippen LogP contribution in [0.2, 0.25) is 0 Å². The molecule has 0 aliphatic heterocycles. The molecule has 0 aliphatic carbocycles. The lowest BCUT2D eigenvalue weighted by molar-refractivity contribution is -0.153. The van der Waals surface area contributed by atoms with Crippen molar-refractivity contribution in [1.82, 2.24) is 5.32 Å². The monoisotopic (exact) mass is 320 g/mol. The minimum Gasteiger partial charge on any atom is -0.484 e. The van der Waals surface area contributed by atoms with E-state index in [1.54, 1.807) is 6.92 Å². The fraction of sp³-hybridized carbons (Fsp3) is 0.385. The van der Waals surface area contributed by atoms with Crippen LogP contribution >= 0.6 is 0 Å². The lowest BCUT2D eigenvalue weighted by Gasteiger charge is -2.13. The molecule has 0 fully saturated rings. The number of carbonyl (C=O) groups is 2. The Morgan fingerprint density at radius 1 is 1.32 bits per heavy atom. The Hall–Kier alpha value is -2.45. The number of benzene rings is 1. The summed E-state index contributed by atoms with van der Waals surface area (Å²) in [7, 11) is 0. The van der Waals surface area contributed by atoms with Crippen LogP contribution in [-0.4, -0.2) is 36.4 Å². The van der Waals surface area contributed by atoms with Gasteiger partial charge in [-0.25, -0.2) is 4.79 Å². The number of halogens is 3.